The van der Waals surface area contributed by atoms with Gasteiger partial charge >= 0.3 is 18.0 Å². The van der Waals surface area contributed by atoms with Gasteiger partial charge in [0.1, 0.15) is 0 Å². The summed E-state index contributed by atoms with van der Waals surface area (Å²) in [5.74, 6) is -2.50. The minimum Gasteiger partial charge on any atom is -0.481 e. The van der Waals surface area contributed by atoms with E-state index >= 15 is 0 Å². The number of aliphatic carboxylic acids is 2. The Hall–Kier alpha value is -2.09. The number of carboxylic acids is 2. The monoisotopic (exact) mass is 286 g/mol. The second-order valence-electron chi connectivity index (χ2n) is 4.22. The minimum atomic E-state index is -1.54. The highest BCUT2D eigenvalue weighted by Crippen LogP contribution is 2.21. The Morgan fingerprint density at radius 3 is 2.53 bits per heavy atom. The van der Waals surface area contributed by atoms with Crippen LogP contribution in [0.1, 0.15) is 13.3 Å². The van der Waals surface area contributed by atoms with E-state index in [1.165, 1.54) is 18.3 Å². The lowest BCUT2D eigenvalue weighted by Crippen LogP contribution is -2.43. The summed E-state index contributed by atoms with van der Waals surface area (Å²) in [5, 5.41) is 25.0. The Morgan fingerprint density at radius 2 is 2.05 bits per heavy atom. The molecule has 0 bridgehead atoms. The summed E-state index contributed by atoms with van der Waals surface area (Å²) in [5.41, 5.74) is -1.54. The van der Waals surface area contributed by atoms with Crippen molar-refractivity contribution in [3.8, 4) is 0 Å². The summed E-state index contributed by atoms with van der Waals surface area (Å²) < 4.78 is 0. The highest BCUT2D eigenvalue weighted by molar-refractivity contribution is 7.14. The van der Waals surface area contributed by atoms with E-state index < -0.39 is 29.8 Å². The largest absolute Gasteiger partial charge is 0.481 e. The fourth-order valence-corrected chi connectivity index (χ4v) is 1.94. The zero-order chi connectivity index (χ0) is 14.5. The molecule has 4 N–H and O–H groups in total. The maximum Gasteiger partial charge on any atom is 0.319 e. The van der Waals surface area contributed by atoms with Gasteiger partial charge in [-0.1, -0.05) is 0 Å². The Kier molecular flexibility index (Phi) is 4.87. The molecule has 0 fully saturated rings. The van der Waals surface area contributed by atoms with Gasteiger partial charge in [0.25, 0.3) is 0 Å². The third kappa shape index (κ3) is 4.59. The van der Waals surface area contributed by atoms with Crippen molar-refractivity contribution in [1.82, 2.24) is 5.32 Å². The number of carbonyl (C=O) groups excluding carboxylic acids is 1. The van der Waals surface area contributed by atoms with Crippen molar-refractivity contribution in [1.29, 1.82) is 0 Å². The average molecular weight is 286 g/mol. The van der Waals surface area contributed by atoms with Gasteiger partial charge in [0, 0.05) is 6.54 Å². The number of carbonyl (C=O) groups is 3. The molecule has 0 saturated carbocycles. The molecule has 1 atom stereocenters. The highest BCUT2D eigenvalue weighted by atomic mass is 32.1. The Morgan fingerprint density at radius 1 is 1.37 bits per heavy atom. The van der Waals surface area contributed by atoms with E-state index in [9.17, 15) is 14.4 Å². The van der Waals surface area contributed by atoms with Gasteiger partial charge in [-0.25, -0.2) is 4.79 Å². The van der Waals surface area contributed by atoms with Crippen LogP contribution in [-0.2, 0) is 9.59 Å². The maximum atomic E-state index is 11.5. The third-order valence-corrected chi connectivity index (χ3v) is 3.24. The first kappa shape index (κ1) is 15.0. The predicted molar refractivity (Wildman–Crippen MR) is 69.3 cm³/mol. The van der Waals surface area contributed by atoms with Crippen LogP contribution in [0.3, 0.4) is 0 Å². The highest BCUT2D eigenvalue weighted by Gasteiger charge is 2.36. The first-order valence-corrected chi connectivity index (χ1v) is 6.25. The van der Waals surface area contributed by atoms with Crippen LogP contribution < -0.4 is 10.6 Å². The van der Waals surface area contributed by atoms with E-state index in [2.05, 4.69) is 10.6 Å². The van der Waals surface area contributed by atoms with E-state index in [4.69, 9.17) is 10.2 Å². The predicted octanol–water partition coefficient (Wildman–Crippen LogP) is 1.44. The van der Waals surface area contributed by atoms with E-state index in [0.29, 0.717) is 5.00 Å². The van der Waals surface area contributed by atoms with Gasteiger partial charge < -0.3 is 15.5 Å². The zero-order valence-corrected chi connectivity index (χ0v) is 11.0. The summed E-state index contributed by atoms with van der Waals surface area (Å²) in [6, 6.07) is 2.88. The van der Waals surface area contributed by atoms with Gasteiger partial charge in [-0.3, -0.25) is 14.9 Å². The molecule has 2 amide bonds. The number of amides is 2. The SMILES string of the molecule is CC(CNC(=O)Nc1cccs1)(CC(=O)O)C(=O)O. The number of hydrogen-bond acceptors (Lipinski definition) is 4. The van der Waals surface area contributed by atoms with Gasteiger partial charge in [0.2, 0.25) is 0 Å². The third-order valence-electron chi connectivity index (χ3n) is 2.45. The Balaban J connectivity index is 2.54. The van der Waals surface area contributed by atoms with Gasteiger partial charge in [-0.2, -0.15) is 0 Å². The van der Waals surface area contributed by atoms with E-state index in [1.807, 2.05) is 0 Å². The average Bonchev–Trinajstić information content (AvgIpc) is 2.78. The first-order chi connectivity index (χ1) is 8.83. The van der Waals surface area contributed by atoms with Crippen LogP contribution in [0.5, 0.6) is 0 Å². The molecule has 0 saturated heterocycles. The van der Waals surface area contributed by atoms with Crippen LogP contribution >= 0.6 is 11.3 Å². The summed E-state index contributed by atoms with van der Waals surface area (Å²) in [7, 11) is 0. The molecule has 1 rings (SSSR count). The molecule has 0 radical (unpaired) electrons. The molecule has 104 valence electrons. The molecular weight excluding hydrogens is 272 g/mol. The number of hydrogen-bond donors (Lipinski definition) is 4. The lowest BCUT2D eigenvalue weighted by Gasteiger charge is -2.22. The summed E-state index contributed by atoms with van der Waals surface area (Å²) in [4.78, 5) is 33.2. The quantitative estimate of drug-likeness (QED) is 0.631. The summed E-state index contributed by atoms with van der Waals surface area (Å²) in [6.45, 7) is 1.00. The van der Waals surface area contributed by atoms with Crippen molar-refractivity contribution >= 4 is 34.3 Å². The standard InChI is InChI=1S/C11H14N2O5S/c1-11(9(16)17,5-8(14)15)6-12-10(18)13-7-3-2-4-19-7/h2-4H,5-6H2,1H3,(H,14,15)(H,16,17)(H2,12,13,18). The molecule has 0 aliphatic carbocycles. The van der Waals surface area contributed by atoms with E-state index in [0.717, 1.165) is 0 Å². The molecular formula is C11H14N2O5S. The van der Waals surface area contributed by atoms with Crippen molar-refractivity contribution in [3.63, 3.8) is 0 Å². The molecule has 0 spiro atoms. The Labute approximate surface area is 113 Å². The molecule has 8 heteroatoms. The molecule has 1 aromatic rings. The molecule has 7 nitrogen and oxygen atoms in total. The van der Waals surface area contributed by atoms with Gasteiger partial charge in [0.15, 0.2) is 0 Å². The van der Waals surface area contributed by atoms with Crippen molar-refractivity contribution in [2.75, 3.05) is 11.9 Å². The van der Waals surface area contributed by atoms with Crippen LogP contribution in [0.2, 0.25) is 0 Å². The van der Waals surface area contributed by atoms with Crippen molar-refractivity contribution in [2.24, 2.45) is 5.41 Å². The topological polar surface area (TPSA) is 116 Å². The molecule has 1 unspecified atom stereocenters. The number of anilines is 1. The van der Waals surface area contributed by atoms with Crippen molar-refractivity contribution < 1.29 is 24.6 Å². The maximum absolute atomic E-state index is 11.5. The number of urea groups is 1. The van der Waals surface area contributed by atoms with Crippen LogP contribution in [0.4, 0.5) is 9.80 Å². The molecule has 1 aromatic heterocycles. The second kappa shape index (κ2) is 6.19. The van der Waals surface area contributed by atoms with Crippen LogP contribution in [0, 0.1) is 5.41 Å². The van der Waals surface area contributed by atoms with E-state index in [-0.39, 0.29) is 6.54 Å². The fraction of sp³-hybridized carbons (Fsp3) is 0.364. The van der Waals surface area contributed by atoms with Crippen molar-refractivity contribution in [3.05, 3.63) is 17.5 Å². The number of carboxylic acid groups (broad SMARTS) is 2. The molecule has 0 aromatic carbocycles. The normalized spacial score (nSPS) is 13.3. The second-order valence-corrected chi connectivity index (χ2v) is 5.17. The summed E-state index contributed by atoms with van der Waals surface area (Å²) in [6.07, 6.45) is -0.568. The van der Waals surface area contributed by atoms with E-state index in [1.54, 1.807) is 17.5 Å². The zero-order valence-electron chi connectivity index (χ0n) is 10.2. The smallest absolute Gasteiger partial charge is 0.319 e. The van der Waals surface area contributed by atoms with Crippen LogP contribution in [0.25, 0.3) is 0 Å². The summed E-state index contributed by atoms with van der Waals surface area (Å²) >= 11 is 1.32. The van der Waals surface area contributed by atoms with Gasteiger partial charge in [0.05, 0.1) is 16.8 Å². The lowest BCUT2D eigenvalue weighted by molar-refractivity contribution is -0.154. The Bertz CT molecular complexity index is 473. The molecule has 0 aliphatic rings. The minimum absolute atomic E-state index is 0.272. The molecule has 1 heterocycles. The lowest BCUT2D eigenvalue weighted by atomic mass is 9.87. The van der Waals surface area contributed by atoms with Crippen molar-refractivity contribution in [2.45, 2.75) is 13.3 Å². The fourth-order valence-electron chi connectivity index (χ4n) is 1.33. The van der Waals surface area contributed by atoms with Gasteiger partial charge in [-0.05, 0) is 24.4 Å². The molecule has 0 aliphatic heterocycles. The number of rotatable bonds is 6. The first-order valence-electron chi connectivity index (χ1n) is 5.37. The number of thiophene rings is 1. The number of nitrogens with one attached hydrogen (secondary N) is 2. The van der Waals surface area contributed by atoms with Crippen LogP contribution in [-0.4, -0.2) is 34.7 Å². The van der Waals surface area contributed by atoms with Crippen LogP contribution in [0.15, 0.2) is 17.5 Å². The van der Waals surface area contributed by atoms with Gasteiger partial charge in [-0.15, -0.1) is 11.3 Å². The molecule has 19 heavy (non-hydrogen) atoms.